The molecule has 0 unspecified atom stereocenters. The fraction of sp³-hybridized carbons (Fsp3) is 0.480. The molecule has 3 aliphatic heterocycles. The van der Waals surface area contributed by atoms with Gasteiger partial charge in [-0.3, -0.25) is 30.0 Å². The molecule has 2 saturated carbocycles. The predicted octanol–water partition coefficient (Wildman–Crippen LogP) is 7.34. The summed E-state index contributed by atoms with van der Waals surface area (Å²) in [5, 5.41) is 14.5. The van der Waals surface area contributed by atoms with Crippen LogP contribution in [0.4, 0.5) is 11.9 Å². The highest BCUT2D eigenvalue weighted by Crippen LogP contribution is 2.37. The van der Waals surface area contributed by atoms with E-state index < -0.39 is 38.0 Å². The van der Waals surface area contributed by atoms with Crippen molar-refractivity contribution in [3.05, 3.63) is 101 Å². The maximum absolute atomic E-state index is 12.0. The standard InChI is InChI=1S/C21H23N5O3S.C16H21BN4O3.C11H14BrNO2S.CH3I.CH4.HI/c27-20(17-8-9-17)23-21-22-19-3-1-2-18(26(19)24-21)16-6-4-15(5-7-16)14-25-10-12-30(28,29)13-11-25;1-15(2)16(3,4)24-17(23-15)11-6-5-7-12-18-14(20-21(11)12)19-13(22)10-8-9-10;12-11-3-1-10(2-4-11)9-13-5-7-16(14,15)8-6-13;1-2;;/h1-7,17H,8-14H2,(H,23,24,27);5-7,10H,8-9H2,1-4H3,(H,19,20,22);1-4H,5-9H2;1H3;1H4;1H. The third kappa shape index (κ3) is 15.5. The van der Waals surface area contributed by atoms with Crippen LogP contribution in [0.15, 0.2) is 89.4 Å². The molecule has 18 nitrogen and oxygen atoms in total. The van der Waals surface area contributed by atoms with Crippen molar-refractivity contribution in [2.24, 2.45) is 11.8 Å². The van der Waals surface area contributed by atoms with Crippen molar-refractivity contribution in [3.63, 3.8) is 0 Å². The second-order valence-corrected chi connectivity index (χ2v) is 25.1. The minimum Gasteiger partial charge on any atom is -0.398 e. The van der Waals surface area contributed by atoms with Crippen molar-refractivity contribution in [2.45, 2.75) is 85.1 Å². The normalized spacial score (nSPS) is 19.5. The summed E-state index contributed by atoms with van der Waals surface area (Å²) in [6.45, 7) is 12.1. The first-order valence-electron chi connectivity index (χ1n) is 24.0. The van der Waals surface area contributed by atoms with Gasteiger partial charge in [-0.05, 0) is 106 Å². The molecule has 0 spiro atoms. The molecule has 400 valence electrons. The van der Waals surface area contributed by atoms with E-state index in [1.807, 2.05) is 93.3 Å². The molecule has 0 radical (unpaired) electrons. The van der Waals surface area contributed by atoms with Crippen LogP contribution < -0.4 is 16.2 Å². The van der Waals surface area contributed by atoms with Crippen LogP contribution in [0.1, 0.15) is 71.9 Å². The second kappa shape index (κ2) is 25.2. The molecule has 5 fully saturated rings. The molecular weight excluding hydrogens is 1280 g/mol. The van der Waals surface area contributed by atoms with E-state index in [1.165, 1.54) is 5.56 Å². The Kier molecular flexibility index (Phi) is 20.3. The number of anilines is 2. The number of pyridine rings is 2. The van der Waals surface area contributed by atoms with E-state index in [9.17, 15) is 26.4 Å². The van der Waals surface area contributed by atoms with Crippen LogP contribution in [0.2, 0.25) is 0 Å². The zero-order valence-electron chi connectivity index (χ0n) is 41.5. The first-order valence-corrected chi connectivity index (χ1v) is 30.6. The van der Waals surface area contributed by atoms with Gasteiger partial charge in [-0.15, -0.1) is 34.2 Å². The van der Waals surface area contributed by atoms with E-state index in [0.29, 0.717) is 60.9 Å². The number of aromatic nitrogens is 6. The van der Waals surface area contributed by atoms with Gasteiger partial charge < -0.3 is 9.31 Å². The second-order valence-electron chi connectivity index (χ2n) is 19.6. The number of carbonyl (C=O) groups excluding carboxylic acids is 2. The average Bonchev–Trinajstić information content (AvgIpc) is 4.28. The van der Waals surface area contributed by atoms with E-state index in [4.69, 9.17) is 9.31 Å². The van der Waals surface area contributed by atoms with Crippen LogP contribution >= 0.6 is 62.5 Å². The van der Waals surface area contributed by atoms with Crippen molar-refractivity contribution < 1.29 is 35.7 Å². The van der Waals surface area contributed by atoms with Crippen molar-refractivity contribution in [3.8, 4) is 11.3 Å². The molecule has 0 bridgehead atoms. The Morgan fingerprint density at radius 1 is 0.649 bits per heavy atom. The van der Waals surface area contributed by atoms with E-state index in [-0.39, 0.29) is 66.6 Å². The topological polar surface area (TPSA) is 212 Å². The van der Waals surface area contributed by atoms with Gasteiger partial charge in [0, 0.05) is 61.1 Å². The van der Waals surface area contributed by atoms with Crippen LogP contribution in [0.25, 0.3) is 22.6 Å². The molecule has 0 atom stereocenters. The first-order chi connectivity index (χ1) is 34.3. The number of hydrogen-bond acceptors (Lipinski definition) is 14. The first kappa shape index (κ1) is 59.6. The lowest BCUT2D eigenvalue weighted by Crippen LogP contribution is -2.41. The van der Waals surface area contributed by atoms with E-state index >= 15 is 0 Å². The number of hydrogen-bond donors (Lipinski definition) is 2. The zero-order valence-corrected chi connectivity index (χ0v) is 49.2. The highest BCUT2D eigenvalue weighted by Gasteiger charge is 2.52. The quantitative estimate of drug-likeness (QED) is 0.0781. The zero-order chi connectivity index (χ0) is 51.4. The van der Waals surface area contributed by atoms with Crippen LogP contribution in [-0.2, 0) is 51.7 Å². The van der Waals surface area contributed by atoms with Gasteiger partial charge in [-0.2, -0.15) is 9.97 Å². The molecule has 24 heteroatoms. The van der Waals surface area contributed by atoms with E-state index in [2.05, 4.69) is 103 Å². The third-order valence-electron chi connectivity index (χ3n) is 13.5. The molecule has 3 saturated heterocycles. The Labute approximate surface area is 474 Å². The maximum atomic E-state index is 12.0. The Balaban J connectivity index is 0.000000183. The van der Waals surface area contributed by atoms with Gasteiger partial charge in [0.05, 0.1) is 45.5 Å². The Hall–Kier alpha value is -3.64. The minimum absolute atomic E-state index is 0. The van der Waals surface area contributed by atoms with Crippen molar-refractivity contribution in [1.82, 2.24) is 39.0 Å². The molecule has 2 aromatic carbocycles. The number of nitrogens with one attached hydrogen (secondary N) is 2. The van der Waals surface area contributed by atoms with Gasteiger partial charge in [0.1, 0.15) is 0 Å². The summed E-state index contributed by atoms with van der Waals surface area (Å²) in [5.41, 5.74) is 5.48. The summed E-state index contributed by atoms with van der Waals surface area (Å²) in [7, 11) is -6.16. The van der Waals surface area contributed by atoms with E-state index in [1.54, 1.807) is 9.03 Å². The molecule has 2 amide bonds. The Morgan fingerprint density at radius 2 is 1.05 bits per heavy atom. The molecule has 7 heterocycles. The van der Waals surface area contributed by atoms with Gasteiger partial charge in [0.25, 0.3) is 0 Å². The summed E-state index contributed by atoms with van der Waals surface area (Å²) < 4.78 is 62.4. The fourth-order valence-electron chi connectivity index (χ4n) is 8.12. The number of amides is 2. The number of alkyl halides is 1. The number of benzene rings is 2. The largest absolute Gasteiger partial charge is 0.514 e. The van der Waals surface area contributed by atoms with Crippen LogP contribution in [-0.4, -0.2) is 140 Å². The van der Waals surface area contributed by atoms with Crippen molar-refractivity contribution in [1.29, 1.82) is 0 Å². The summed E-state index contributed by atoms with van der Waals surface area (Å²) in [5.74, 6) is 1.89. The van der Waals surface area contributed by atoms with Gasteiger partial charge in [-0.25, -0.2) is 25.9 Å². The SMILES string of the molecule is C.CC1(C)OB(c2cccc3nc(NC(=O)C4CC4)nn23)OC1(C)C.CI.I.O=C(Nc1nc2cccc(-c3ccc(CN4CCS(=O)(=O)CC4)cc3)n2n1)C1CC1.O=S1(=O)CCN(Cc2ccc(Br)cc2)CC1. The number of fused-ring (bicyclic) bond motifs is 2. The summed E-state index contributed by atoms with van der Waals surface area (Å²) in [4.78, 5) is 39.0. The molecule has 5 aliphatic rings. The van der Waals surface area contributed by atoms with Gasteiger partial charge in [0.2, 0.25) is 23.7 Å². The van der Waals surface area contributed by atoms with E-state index in [0.717, 1.165) is 65.7 Å². The third-order valence-corrected chi connectivity index (χ3v) is 17.2. The van der Waals surface area contributed by atoms with Crippen LogP contribution in [0.3, 0.4) is 0 Å². The minimum atomic E-state index is -2.86. The van der Waals surface area contributed by atoms with Crippen LogP contribution in [0, 0.1) is 11.8 Å². The molecule has 2 aliphatic carbocycles. The Bertz CT molecular complexity index is 3080. The van der Waals surface area contributed by atoms with Gasteiger partial charge in [0.15, 0.2) is 31.0 Å². The molecule has 6 aromatic rings. The summed E-state index contributed by atoms with van der Waals surface area (Å²) in [6.07, 6.45) is 3.75. The van der Waals surface area contributed by atoms with Crippen LogP contribution in [0.5, 0.6) is 0 Å². The number of halogens is 3. The highest BCUT2D eigenvalue weighted by atomic mass is 127. The van der Waals surface area contributed by atoms with Crippen molar-refractivity contribution in [2.75, 3.05) is 64.8 Å². The molecular formula is C50H66BBrI2N10O8S2. The number of nitrogens with zero attached hydrogens (tertiary/aromatic N) is 8. The smallest absolute Gasteiger partial charge is 0.398 e. The molecule has 4 aromatic heterocycles. The lowest BCUT2D eigenvalue weighted by Gasteiger charge is -2.32. The molecule has 2 N–H and O–H groups in total. The Morgan fingerprint density at radius 3 is 1.50 bits per heavy atom. The molecule has 74 heavy (non-hydrogen) atoms. The maximum Gasteiger partial charge on any atom is 0.514 e. The fourth-order valence-corrected chi connectivity index (χ4v) is 10.9. The average molecular weight is 1340 g/mol. The number of rotatable bonds is 10. The predicted molar refractivity (Wildman–Crippen MR) is 314 cm³/mol. The highest BCUT2D eigenvalue weighted by molar-refractivity contribution is 14.1. The number of carbonyl (C=O) groups is 2. The lowest BCUT2D eigenvalue weighted by molar-refractivity contribution is -0.118. The summed E-state index contributed by atoms with van der Waals surface area (Å²) >= 11 is 5.54. The van der Waals surface area contributed by atoms with Gasteiger partial charge >= 0.3 is 7.12 Å². The number of sulfone groups is 2. The van der Waals surface area contributed by atoms with Crippen molar-refractivity contribution >= 4 is 130 Å². The summed E-state index contributed by atoms with van der Waals surface area (Å²) in [6, 6.07) is 27.7. The lowest BCUT2D eigenvalue weighted by atomic mass is 9.84. The molecule has 11 rings (SSSR count). The monoisotopic (exact) mass is 1340 g/mol. The van der Waals surface area contributed by atoms with Gasteiger partial charge in [-0.1, -0.05) is 94.5 Å².